The summed E-state index contributed by atoms with van der Waals surface area (Å²) in [5.74, 6) is 0.639. The van der Waals surface area contributed by atoms with Crippen molar-refractivity contribution in [2.45, 2.75) is 6.54 Å². The third-order valence-electron chi connectivity index (χ3n) is 3.24. The van der Waals surface area contributed by atoms with Gasteiger partial charge in [-0.1, -0.05) is 12.1 Å². The standard InChI is InChI=1S/C13H13BrN6O3S/c1-20-13-10(11(14)18-20)12(16-7-17-13)15-6-8-2-4-9(5-3-8)19-24(21,22)23/h2-5,7,19H,6H2,1H3,(H,15,16,17)(H,21,22,23). The van der Waals surface area contributed by atoms with Gasteiger partial charge in [0.1, 0.15) is 16.7 Å². The van der Waals surface area contributed by atoms with E-state index in [9.17, 15) is 8.42 Å². The van der Waals surface area contributed by atoms with Crippen LogP contribution in [0.1, 0.15) is 5.56 Å². The Kier molecular flexibility index (Phi) is 4.39. The van der Waals surface area contributed by atoms with Crippen LogP contribution in [0.5, 0.6) is 0 Å². The van der Waals surface area contributed by atoms with Gasteiger partial charge in [-0.3, -0.25) is 9.27 Å². The van der Waals surface area contributed by atoms with Gasteiger partial charge in [-0.05, 0) is 33.6 Å². The number of fused-ring (bicyclic) bond motifs is 1. The molecular weight excluding hydrogens is 400 g/mol. The molecule has 0 unspecified atom stereocenters. The molecule has 0 aliphatic rings. The van der Waals surface area contributed by atoms with Crippen molar-refractivity contribution in [3.63, 3.8) is 0 Å². The molecule has 0 fully saturated rings. The van der Waals surface area contributed by atoms with Crippen molar-refractivity contribution in [1.82, 2.24) is 19.7 Å². The fourth-order valence-corrected chi connectivity index (χ4v) is 3.24. The van der Waals surface area contributed by atoms with Crippen molar-refractivity contribution in [1.29, 1.82) is 0 Å². The lowest BCUT2D eigenvalue weighted by molar-refractivity contribution is 0.489. The van der Waals surface area contributed by atoms with Gasteiger partial charge >= 0.3 is 10.3 Å². The second kappa shape index (κ2) is 6.34. The van der Waals surface area contributed by atoms with E-state index in [1.807, 2.05) is 4.72 Å². The molecule has 0 bridgehead atoms. The molecule has 0 saturated heterocycles. The SMILES string of the molecule is Cn1nc(Br)c2c(NCc3ccc(NS(=O)(=O)O)cc3)ncnc21. The molecule has 9 nitrogen and oxygen atoms in total. The zero-order valence-corrected chi connectivity index (χ0v) is 14.8. The number of nitrogens with one attached hydrogen (secondary N) is 2. The largest absolute Gasteiger partial charge is 0.365 e. The average Bonchev–Trinajstić information content (AvgIpc) is 2.81. The van der Waals surface area contributed by atoms with Crippen LogP contribution < -0.4 is 10.0 Å². The number of aryl methyl sites for hydroxylation is 1. The van der Waals surface area contributed by atoms with E-state index >= 15 is 0 Å². The normalized spacial score (nSPS) is 11.6. The Morgan fingerprint density at radius 1 is 1.25 bits per heavy atom. The summed E-state index contributed by atoms with van der Waals surface area (Å²) in [5.41, 5.74) is 1.88. The molecule has 3 aromatic rings. The van der Waals surface area contributed by atoms with Gasteiger partial charge in [0, 0.05) is 13.6 Å². The lowest BCUT2D eigenvalue weighted by Gasteiger charge is -2.08. The number of aromatic nitrogens is 4. The fourth-order valence-electron chi connectivity index (χ4n) is 2.20. The van der Waals surface area contributed by atoms with Gasteiger partial charge in [-0.2, -0.15) is 13.5 Å². The number of nitrogens with zero attached hydrogens (tertiary/aromatic N) is 4. The highest BCUT2D eigenvalue weighted by atomic mass is 79.9. The maximum absolute atomic E-state index is 10.8. The van der Waals surface area contributed by atoms with Crippen molar-refractivity contribution in [2.75, 3.05) is 10.0 Å². The van der Waals surface area contributed by atoms with Crippen molar-refractivity contribution >= 4 is 48.8 Å². The molecule has 1 aromatic carbocycles. The zero-order chi connectivity index (χ0) is 17.3. The Hall–Kier alpha value is -2.24. The van der Waals surface area contributed by atoms with E-state index in [1.165, 1.54) is 6.33 Å². The van der Waals surface area contributed by atoms with Crippen LogP contribution in [0, 0.1) is 0 Å². The Morgan fingerprint density at radius 3 is 2.62 bits per heavy atom. The van der Waals surface area contributed by atoms with Crippen LogP contribution >= 0.6 is 15.9 Å². The highest BCUT2D eigenvalue weighted by Crippen LogP contribution is 2.27. The Balaban J connectivity index is 1.77. The molecular formula is C13H13BrN6O3S. The molecule has 3 rings (SSSR count). The molecule has 0 atom stereocenters. The van der Waals surface area contributed by atoms with Gasteiger partial charge in [0.05, 0.1) is 11.1 Å². The fraction of sp³-hybridized carbons (Fsp3) is 0.154. The maximum atomic E-state index is 10.8. The summed E-state index contributed by atoms with van der Waals surface area (Å²) in [6.07, 6.45) is 1.46. The predicted octanol–water partition coefficient (Wildman–Crippen LogP) is 1.95. The Morgan fingerprint density at radius 2 is 1.96 bits per heavy atom. The molecule has 0 aliphatic carbocycles. The van der Waals surface area contributed by atoms with Crippen molar-refractivity contribution in [2.24, 2.45) is 7.05 Å². The van der Waals surface area contributed by atoms with E-state index < -0.39 is 10.3 Å². The summed E-state index contributed by atoms with van der Waals surface area (Å²) in [6, 6.07) is 6.58. The Labute approximate surface area is 146 Å². The van der Waals surface area contributed by atoms with Crippen LogP contribution in [0.4, 0.5) is 11.5 Å². The third kappa shape index (κ3) is 3.63. The predicted molar refractivity (Wildman–Crippen MR) is 92.9 cm³/mol. The second-order valence-electron chi connectivity index (χ2n) is 4.96. The first-order valence-electron chi connectivity index (χ1n) is 6.75. The molecule has 3 N–H and O–H groups in total. The van der Waals surface area contributed by atoms with E-state index in [0.29, 0.717) is 22.6 Å². The monoisotopic (exact) mass is 412 g/mol. The first-order valence-corrected chi connectivity index (χ1v) is 8.98. The van der Waals surface area contributed by atoms with Gasteiger partial charge in [0.2, 0.25) is 0 Å². The number of hydrogen-bond acceptors (Lipinski definition) is 6. The molecule has 0 radical (unpaired) electrons. The van der Waals surface area contributed by atoms with Crippen molar-refractivity contribution < 1.29 is 13.0 Å². The quantitative estimate of drug-likeness (QED) is 0.547. The lowest BCUT2D eigenvalue weighted by Crippen LogP contribution is -2.10. The summed E-state index contributed by atoms with van der Waals surface area (Å²) in [5, 5.41) is 8.24. The number of rotatable bonds is 5. The summed E-state index contributed by atoms with van der Waals surface area (Å²) >= 11 is 3.39. The van der Waals surface area contributed by atoms with E-state index in [-0.39, 0.29) is 5.69 Å². The second-order valence-corrected chi connectivity index (χ2v) is 6.87. The third-order valence-corrected chi connectivity index (χ3v) is 4.29. The van der Waals surface area contributed by atoms with Gasteiger partial charge in [-0.25, -0.2) is 14.6 Å². The highest BCUT2D eigenvalue weighted by Gasteiger charge is 2.13. The molecule has 0 spiro atoms. The van der Waals surface area contributed by atoms with Crippen LogP contribution in [0.25, 0.3) is 11.0 Å². The minimum absolute atomic E-state index is 0.278. The Bertz CT molecular complexity index is 987. The lowest BCUT2D eigenvalue weighted by atomic mass is 10.2. The first kappa shape index (κ1) is 16.6. The van der Waals surface area contributed by atoms with E-state index in [1.54, 1.807) is 36.0 Å². The van der Waals surface area contributed by atoms with Crippen LogP contribution in [-0.2, 0) is 23.9 Å². The summed E-state index contributed by atoms with van der Waals surface area (Å²) < 4.78 is 34.6. The van der Waals surface area contributed by atoms with Crippen LogP contribution in [0.15, 0.2) is 35.2 Å². The van der Waals surface area contributed by atoms with Crippen LogP contribution in [-0.4, -0.2) is 32.7 Å². The zero-order valence-electron chi connectivity index (χ0n) is 12.4. The number of hydrogen-bond donors (Lipinski definition) is 3. The summed E-state index contributed by atoms with van der Waals surface area (Å²) in [6.45, 7) is 0.472. The first-order chi connectivity index (χ1) is 11.3. The smallest absolute Gasteiger partial charge is 0.357 e. The number of benzene rings is 1. The number of halogens is 1. The molecule has 2 heterocycles. The van der Waals surface area contributed by atoms with E-state index in [0.717, 1.165) is 10.9 Å². The van der Waals surface area contributed by atoms with Crippen LogP contribution in [0.3, 0.4) is 0 Å². The van der Waals surface area contributed by atoms with Gasteiger partial charge in [0.15, 0.2) is 5.65 Å². The topological polar surface area (TPSA) is 122 Å². The molecule has 0 aliphatic heterocycles. The average molecular weight is 413 g/mol. The molecule has 126 valence electrons. The highest BCUT2D eigenvalue weighted by molar-refractivity contribution is 9.10. The van der Waals surface area contributed by atoms with E-state index in [4.69, 9.17) is 4.55 Å². The van der Waals surface area contributed by atoms with Gasteiger partial charge in [0.25, 0.3) is 0 Å². The van der Waals surface area contributed by atoms with Crippen molar-refractivity contribution in [3.05, 3.63) is 40.8 Å². The molecule has 11 heteroatoms. The summed E-state index contributed by atoms with van der Waals surface area (Å²) in [4.78, 5) is 8.43. The molecule has 24 heavy (non-hydrogen) atoms. The van der Waals surface area contributed by atoms with Crippen LogP contribution in [0.2, 0.25) is 0 Å². The molecule has 2 aromatic heterocycles. The minimum atomic E-state index is -4.27. The number of anilines is 2. The van der Waals surface area contributed by atoms with Gasteiger partial charge in [-0.15, -0.1) is 0 Å². The minimum Gasteiger partial charge on any atom is -0.365 e. The van der Waals surface area contributed by atoms with E-state index in [2.05, 4.69) is 36.3 Å². The summed E-state index contributed by atoms with van der Waals surface area (Å²) in [7, 11) is -2.47. The van der Waals surface area contributed by atoms with Crippen molar-refractivity contribution in [3.8, 4) is 0 Å². The molecule has 0 amide bonds. The molecule has 0 saturated carbocycles. The maximum Gasteiger partial charge on any atom is 0.357 e. The van der Waals surface area contributed by atoms with Gasteiger partial charge < -0.3 is 5.32 Å².